The maximum absolute atomic E-state index is 3.56. The molecule has 2 aromatic rings. The molecule has 0 N–H and O–H groups in total. The molecule has 1 heterocycles. The van der Waals surface area contributed by atoms with E-state index in [9.17, 15) is 0 Å². The molecule has 13 heavy (non-hydrogen) atoms. The number of hydrogen-bond donors (Lipinski definition) is 0. The Bertz CT molecular complexity index is 450. The van der Waals surface area contributed by atoms with Crippen LogP contribution in [-0.2, 0) is 5.33 Å². The fourth-order valence-electron chi connectivity index (χ4n) is 1.23. The molecule has 0 unspecified atom stereocenters. The minimum atomic E-state index is 0.904. The second-order valence-corrected chi connectivity index (χ2v) is 6.99. The summed E-state index contributed by atoms with van der Waals surface area (Å²) in [5.41, 5.74) is 1.35. The number of thiophene rings is 1. The van der Waals surface area contributed by atoms with Crippen molar-refractivity contribution in [1.29, 1.82) is 0 Å². The number of rotatable bonds is 1. The normalized spacial score (nSPS) is 11.0. The van der Waals surface area contributed by atoms with Gasteiger partial charge in [-0.2, -0.15) is 0 Å². The first-order chi connectivity index (χ1) is 6.22. The second kappa shape index (κ2) is 4.16. The maximum Gasteiger partial charge on any atom is 0.0666 e. The Balaban J connectivity index is 2.82. The van der Waals surface area contributed by atoms with Gasteiger partial charge in [-0.05, 0) is 45.7 Å². The quantitative estimate of drug-likeness (QED) is 0.432. The smallest absolute Gasteiger partial charge is 0.0666 e. The van der Waals surface area contributed by atoms with Crippen LogP contribution in [0.4, 0.5) is 0 Å². The van der Waals surface area contributed by atoms with Gasteiger partial charge in [0.05, 0.1) is 2.88 Å². The highest BCUT2D eigenvalue weighted by Gasteiger charge is 2.07. The number of fused-ring (bicyclic) bond motifs is 1. The summed E-state index contributed by atoms with van der Waals surface area (Å²) in [4.78, 5) is 0. The van der Waals surface area contributed by atoms with Crippen molar-refractivity contribution in [2.45, 2.75) is 5.33 Å². The molecule has 0 saturated carbocycles. The van der Waals surface area contributed by atoms with Gasteiger partial charge in [0.25, 0.3) is 0 Å². The highest BCUT2D eigenvalue weighted by atomic mass is 127. The molecule has 0 amide bonds. The summed E-state index contributed by atoms with van der Waals surface area (Å²) in [5, 5.41) is 2.24. The monoisotopic (exact) mass is 430 g/mol. The predicted molar refractivity (Wildman–Crippen MR) is 74.9 cm³/mol. The fraction of sp³-hybridized carbons (Fsp3) is 0.111. The summed E-state index contributed by atoms with van der Waals surface area (Å²) in [6.45, 7) is 0. The van der Waals surface area contributed by atoms with Crippen molar-refractivity contribution in [3.05, 3.63) is 31.1 Å². The SMILES string of the molecule is BrCc1c(Br)ccc2cc(I)sc12. The summed E-state index contributed by atoms with van der Waals surface area (Å²) in [6, 6.07) is 6.49. The van der Waals surface area contributed by atoms with Gasteiger partial charge in [-0.1, -0.05) is 37.9 Å². The highest BCUT2D eigenvalue weighted by Crippen LogP contribution is 2.34. The zero-order valence-electron chi connectivity index (χ0n) is 6.48. The van der Waals surface area contributed by atoms with Crippen LogP contribution in [0.25, 0.3) is 10.1 Å². The first-order valence-electron chi connectivity index (χ1n) is 3.65. The molecule has 2 rings (SSSR count). The average Bonchev–Trinajstić information content (AvgIpc) is 2.45. The van der Waals surface area contributed by atoms with Crippen LogP contribution in [0.15, 0.2) is 22.7 Å². The van der Waals surface area contributed by atoms with Crippen molar-refractivity contribution in [2.75, 3.05) is 0 Å². The number of hydrogen-bond acceptors (Lipinski definition) is 1. The van der Waals surface area contributed by atoms with E-state index in [2.05, 4.69) is 72.6 Å². The molecular formula is C9H5Br2IS. The van der Waals surface area contributed by atoms with Gasteiger partial charge < -0.3 is 0 Å². The molecule has 0 aliphatic carbocycles. The van der Waals surface area contributed by atoms with Gasteiger partial charge in [-0.25, -0.2) is 0 Å². The topological polar surface area (TPSA) is 0 Å². The second-order valence-electron chi connectivity index (χ2n) is 2.63. The Morgan fingerprint density at radius 3 is 2.85 bits per heavy atom. The summed E-state index contributed by atoms with van der Waals surface area (Å²) < 4.78 is 3.92. The lowest BCUT2D eigenvalue weighted by Gasteiger charge is -2.00. The highest BCUT2D eigenvalue weighted by molar-refractivity contribution is 14.1. The van der Waals surface area contributed by atoms with Crippen molar-refractivity contribution in [2.24, 2.45) is 0 Å². The maximum atomic E-state index is 3.56. The summed E-state index contributed by atoms with van der Waals surface area (Å²) in [7, 11) is 0. The van der Waals surface area contributed by atoms with E-state index in [1.165, 1.54) is 23.0 Å². The number of alkyl halides is 1. The summed E-state index contributed by atoms with van der Waals surface area (Å²) in [5.74, 6) is 0. The standard InChI is InChI=1S/C9H5Br2IS/c10-4-6-7(11)2-1-5-3-8(12)13-9(5)6/h1-3H,4H2. The Labute approximate surface area is 111 Å². The van der Waals surface area contributed by atoms with Crippen LogP contribution < -0.4 is 0 Å². The van der Waals surface area contributed by atoms with Crippen LogP contribution in [0.1, 0.15) is 5.56 Å². The Morgan fingerprint density at radius 2 is 2.15 bits per heavy atom. The third-order valence-electron chi connectivity index (χ3n) is 1.84. The largest absolute Gasteiger partial charge is 0.129 e. The molecule has 1 aromatic carbocycles. The van der Waals surface area contributed by atoms with Crippen LogP contribution in [-0.4, -0.2) is 0 Å². The first-order valence-corrected chi connectivity index (χ1v) is 7.45. The lowest BCUT2D eigenvalue weighted by Crippen LogP contribution is -1.79. The van der Waals surface area contributed by atoms with Crippen molar-refractivity contribution >= 4 is 75.9 Å². The minimum absolute atomic E-state index is 0.904. The molecular weight excluding hydrogens is 427 g/mol. The van der Waals surface area contributed by atoms with E-state index in [1.807, 2.05) is 11.3 Å². The Kier molecular flexibility index (Phi) is 3.33. The predicted octanol–water partition coefficient (Wildman–Crippen LogP) is 5.16. The van der Waals surface area contributed by atoms with E-state index in [1.54, 1.807) is 0 Å². The van der Waals surface area contributed by atoms with E-state index < -0.39 is 0 Å². The lowest BCUT2D eigenvalue weighted by molar-refractivity contribution is 1.47. The zero-order valence-corrected chi connectivity index (χ0v) is 12.6. The minimum Gasteiger partial charge on any atom is -0.129 e. The van der Waals surface area contributed by atoms with Crippen molar-refractivity contribution in [1.82, 2.24) is 0 Å². The third kappa shape index (κ3) is 1.96. The van der Waals surface area contributed by atoms with Crippen LogP contribution in [0.2, 0.25) is 0 Å². The molecule has 0 aliphatic heterocycles. The molecule has 1 aromatic heterocycles. The summed E-state index contributed by atoms with van der Waals surface area (Å²) >= 11 is 11.3. The van der Waals surface area contributed by atoms with Gasteiger partial charge in [0.15, 0.2) is 0 Å². The van der Waals surface area contributed by atoms with Gasteiger partial charge in [0.2, 0.25) is 0 Å². The molecule has 0 aliphatic rings. The van der Waals surface area contributed by atoms with Crippen LogP contribution >= 0.6 is 65.8 Å². The van der Waals surface area contributed by atoms with E-state index >= 15 is 0 Å². The average molecular weight is 432 g/mol. The van der Waals surface area contributed by atoms with E-state index in [4.69, 9.17) is 0 Å². The molecule has 0 atom stereocenters. The van der Waals surface area contributed by atoms with Gasteiger partial charge >= 0.3 is 0 Å². The molecule has 0 nitrogen and oxygen atoms in total. The lowest BCUT2D eigenvalue weighted by atomic mass is 10.2. The van der Waals surface area contributed by atoms with Crippen LogP contribution in [0.3, 0.4) is 0 Å². The van der Waals surface area contributed by atoms with E-state index in [0.717, 1.165) is 5.33 Å². The molecule has 0 saturated heterocycles. The molecule has 0 radical (unpaired) electrons. The number of benzene rings is 1. The van der Waals surface area contributed by atoms with E-state index in [0.29, 0.717) is 0 Å². The number of halogens is 3. The van der Waals surface area contributed by atoms with Crippen molar-refractivity contribution in [3.63, 3.8) is 0 Å². The van der Waals surface area contributed by atoms with Crippen LogP contribution in [0.5, 0.6) is 0 Å². The third-order valence-corrected chi connectivity index (χ3v) is 5.11. The van der Waals surface area contributed by atoms with Gasteiger partial charge in [0.1, 0.15) is 0 Å². The van der Waals surface area contributed by atoms with Crippen molar-refractivity contribution < 1.29 is 0 Å². The van der Waals surface area contributed by atoms with Gasteiger partial charge in [-0.3, -0.25) is 0 Å². The molecule has 68 valence electrons. The molecule has 0 fully saturated rings. The molecule has 0 spiro atoms. The zero-order chi connectivity index (χ0) is 9.42. The molecule has 4 heteroatoms. The Hall–Kier alpha value is 0.870. The Morgan fingerprint density at radius 1 is 1.38 bits per heavy atom. The van der Waals surface area contributed by atoms with Crippen molar-refractivity contribution in [3.8, 4) is 0 Å². The molecule has 0 bridgehead atoms. The first kappa shape index (κ1) is 10.4. The van der Waals surface area contributed by atoms with Crippen LogP contribution in [0, 0.1) is 2.88 Å². The van der Waals surface area contributed by atoms with Gasteiger partial charge in [0, 0.05) is 14.5 Å². The summed E-state index contributed by atoms with van der Waals surface area (Å²) in [6.07, 6.45) is 0. The van der Waals surface area contributed by atoms with E-state index in [-0.39, 0.29) is 0 Å². The fourth-order valence-corrected chi connectivity index (χ4v) is 4.90. The van der Waals surface area contributed by atoms with Gasteiger partial charge in [-0.15, -0.1) is 11.3 Å².